The van der Waals surface area contributed by atoms with Gasteiger partial charge in [-0.1, -0.05) is 27.7 Å². The molecule has 4 heterocycles. The van der Waals surface area contributed by atoms with Crippen LogP contribution in [0.3, 0.4) is 0 Å². The van der Waals surface area contributed by atoms with Gasteiger partial charge in [0.1, 0.15) is 23.0 Å². The molecule has 0 unspecified atom stereocenters. The first kappa shape index (κ1) is 22.6. The number of rotatable bonds is 1. The van der Waals surface area contributed by atoms with E-state index < -0.39 is 0 Å². The number of benzene rings is 1. The quantitative estimate of drug-likeness (QED) is 0.421. The predicted molar refractivity (Wildman–Crippen MR) is 138 cm³/mol. The first-order chi connectivity index (χ1) is 16.0. The van der Waals surface area contributed by atoms with Crippen LogP contribution in [-0.2, 0) is 15.6 Å². The van der Waals surface area contributed by atoms with Crippen LogP contribution in [0.1, 0.15) is 78.0 Å². The smallest absolute Gasteiger partial charge is 0.140 e. The van der Waals surface area contributed by atoms with Crippen LogP contribution < -0.4 is 9.64 Å². The highest BCUT2D eigenvalue weighted by Gasteiger charge is 2.43. The van der Waals surface area contributed by atoms with E-state index in [1.807, 2.05) is 32.1 Å². The van der Waals surface area contributed by atoms with Crippen molar-refractivity contribution in [1.29, 1.82) is 5.26 Å². The molecule has 4 nitrogen and oxygen atoms in total. The monoisotopic (exact) mass is 454 g/mol. The van der Waals surface area contributed by atoms with Crippen molar-refractivity contribution < 1.29 is 9.47 Å². The molecule has 0 atom stereocenters. The van der Waals surface area contributed by atoms with Crippen LogP contribution in [0.5, 0.6) is 5.75 Å². The highest BCUT2D eigenvalue weighted by atomic mass is 16.5. The fourth-order valence-corrected chi connectivity index (χ4v) is 5.61. The summed E-state index contributed by atoms with van der Waals surface area (Å²) in [6, 6.07) is 4.62. The molecule has 1 aromatic rings. The average molecular weight is 455 g/mol. The second-order valence-electron chi connectivity index (χ2n) is 11.4. The number of allylic oxidation sites excluding steroid dienone is 8. The zero-order valence-corrected chi connectivity index (χ0v) is 21.4. The Balaban J connectivity index is 1.66. The maximum atomic E-state index is 9.33. The van der Waals surface area contributed by atoms with Crippen molar-refractivity contribution >= 4 is 11.3 Å². The maximum Gasteiger partial charge on any atom is 0.140 e. The van der Waals surface area contributed by atoms with Crippen molar-refractivity contribution in [3.63, 3.8) is 0 Å². The molecular weight excluding hydrogens is 420 g/mol. The largest absolute Gasteiger partial charge is 0.462 e. The third kappa shape index (κ3) is 3.59. The lowest BCUT2D eigenvalue weighted by atomic mass is 9.68. The Morgan fingerprint density at radius 2 is 1.74 bits per heavy atom. The fourth-order valence-electron chi connectivity index (χ4n) is 5.61. The lowest BCUT2D eigenvalue weighted by Gasteiger charge is -2.49. The van der Waals surface area contributed by atoms with Crippen molar-refractivity contribution in [3.8, 4) is 11.8 Å². The van der Waals surface area contributed by atoms with Crippen molar-refractivity contribution in [2.45, 2.75) is 72.1 Å². The molecule has 0 N–H and O–H groups in total. The predicted octanol–water partition coefficient (Wildman–Crippen LogP) is 7.19. The summed E-state index contributed by atoms with van der Waals surface area (Å²) in [6.45, 7) is 17.5. The van der Waals surface area contributed by atoms with Gasteiger partial charge in [0, 0.05) is 41.6 Å². The summed E-state index contributed by atoms with van der Waals surface area (Å²) in [5, 5.41) is 9.33. The average Bonchev–Trinajstić information content (AvgIpc) is 2.76. The number of anilines is 1. The molecule has 1 aromatic carbocycles. The minimum absolute atomic E-state index is 0.0296. The molecule has 0 fully saturated rings. The lowest BCUT2D eigenvalue weighted by Crippen LogP contribution is -2.45. The van der Waals surface area contributed by atoms with Gasteiger partial charge in [-0.25, -0.2) is 0 Å². The van der Waals surface area contributed by atoms with Crippen molar-refractivity contribution in [1.82, 2.24) is 0 Å². The molecule has 176 valence electrons. The molecule has 0 aromatic heterocycles. The molecule has 0 amide bonds. The molecule has 0 saturated carbocycles. The van der Waals surface area contributed by atoms with Gasteiger partial charge in [-0.2, -0.15) is 5.26 Å². The highest BCUT2D eigenvalue weighted by Crippen LogP contribution is 2.55. The van der Waals surface area contributed by atoms with Gasteiger partial charge in [0.25, 0.3) is 0 Å². The summed E-state index contributed by atoms with van der Waals surface area (Å²) in [7, 11) is 0. The van der Waals surface area contributed by atoms with E-state index in [1.165, 1.54) is 34.4 Å². The van der Waals surface area contributed by atoms with Crippen molar-refractivity contribution in [3.05, 3.63) is 75.5 Å². The van der Waals surface area contributed by atoms with Crippen molar-refractivity contribution in [2.75, 3.05) is 18.0 Å². The topological polar surface area (TPSA) is 45.5 Å². The van der Waals surface area contributed by atoms with Crippen LogP contribution in [0, 0.1) is 11.3 Å². The summed E-state index contributed by atoms with van der Waals surface area (Å²) in [6.07, 6.45) is 10.1. The Hall–Kier alpha value is -3.19. The lowest BCUT2D eigenvalue weighted by molar-refractivity contribution is 0.313. The van der Waals surface area contributed by atoms with Crippen LogP contribution >= 0.6 is 0 Å². The molecule has 4 aliphatic rings. The van der Waals surface area contributed by atoms with E-state index in [0.29, 0.717) is 11.3 Å². The van der Waals surface area contributed by atoms with Crippen LogP contribution in [0.15, 0.2) is 58.8 Å². The number of fused-ring (bicyclic) bond motifs is 2. The van der Waals surface area contributed by atoms with Gasteiger partial charge < -0.3 is 14.4 Å². The Bertz CT molecular complexity index is 1290. The molecule has 0 aliphatic carbocycles. The Kier molecular flexibility index (Phi) is 5.09. The molecule has 0 spiro atoms. The first-order valence-corrected chi connectivity index (χ1v) is 12.2. The molecule has 34 heavy (non-hydrogen) atoms. The fraction of sp³-hybridized carbons (Fsp3) is 0.433. The number of hydrogen-bond donors (Lipinski definition) is 0. The first-order valence-electron chi connectivity index (χ1n) is 12.2. The summed E-state index contributed by atoms with van der Waals surface area (Å²) in [5.41, 5.74) is 8.30. The van der Waals surface area contributed by atoms with Gasteiger partial charge in [-0.15, -0.1) is 0 Å². The molecule has 0 bridgehead atoms. The van der Waals surface area contributed by atoms with E-state index in [1.54, 1.807) is 0 Å². The van der Waals surface area contributed by atoms with Gasteiger partial charge >= 0.3 is 0 Å². The van der Waals surface area contributed by atoms with Gasteiger partial charge in [0.2, 0.25) is 0 Å². The minimum Gasteiger partial charge on any atom is -0.462 e. The summed E-state index contributed by atoms with van der Waals surface area (Å²) >= 11 is 0. The third-order valence-corrected chi connectivity index (χ3v) is 7.81. The van der Waals surface area contributed by atoms with Gasteiger partial charge in [0.15, 0.2) is 0 Å². The van der Waals surface area contributed by atoms with E-state index in [4.69, 9.17) is 9.47 Å². The summed E-state index contributed by atoms with van der Waals surface area (Å²) < 4.78 is 12.6. The van der Waals surface area contributed by atoms with Gasteiger partial charge in [-0.3, -0.25) is 0 Å². The third-order valence-electron chi connectivity index (χ3n) is 7.81. The van der Waals surface area contributed by atoms with Crippen LogP contribution in [0.25, 0.3) is 5.57 Å². The molecule has 4 aliphatic heterocycles. The van der Waals surface area contributed by atoms with E-state index in [9.17, 15) is 5.26 Å². The van der Waals surface area contributed by atoms with Crippen LogP contribution in [-0.4, -0.2) is 13.1 Å². The van der Waals surface area contributed by atoms with Gasteiger partial charge in [0.05, 0.1) is 6.07 Å². The standard InChI is InChI=1S/C30H34N2O2/c1-18-12-22(15-23-14-21(19(2)17-31)13-20(3)33-23)34-28-24(18)16-25-27-26(28)30(6,7)9-11-32(27)10-8-29(25,4)5/h12-16H,8-11H2,1-7H3. The maximum absolute atomic E-state index is 9.33. The minimum atomic E-state index is 0.0296. The summed E-state index contributed by atoms with van der Waals surface area (Å²) in [5.74, 6) is 3.20. The second kappa shape index (κ2) is 7.67. The zero-order valence-electron chi connectivity index (χ0n) is 21.4. The van der Waals surface area contributed by atoms with Gasteiger partial charge in [-0.05, 0) is 85.4 Å². The Labute approximate surface area is 203 Å². The molecule has 0 saturated heterocycles. The zero-order chi connectivity index (χ0) is 24.4. The molecule has 0 radical (unpaired) electrons. The molecule has 4 heteroatoms. The summed E-state index contributed by atoms with van der Waals surface area (Å²) in [4.78, 5) is 2.57. The number of hydrogen-bond acceptors (Lipinski definition) is 4. The van der Waals surface area contributed by atoms with E-state index in [-0.39, 0.29) is 10.8 Å². The molecule has 5 rings (SSSR count). The number of ether oxygens (including phenoxy) is 2. The normalized spacial score (nSPS) is 24.5. The van der Waals surface area contributed by atoms with E-state index in [0.717, 1.165) is 42.4 Å². The van der Waals surface area contributed by atoms with Crippen LogP contribution in [0.2, 0.25) is 0 Å². The highest BCUT2D eigenvalue weighted by molar-refractivity contribution is 5.83. The van der Waals surface area contributed by atoms with E-state index >= 15 is 0 Å². The Morgan fingerprint density at radius 3 is 2.44 bits per heavy atom. The Morgan fingerprint density at radius 1 is 1.03 bits per heavy atom. The SMILES string of the molecule is CC1=CC(=C(C)C#N)C=C(C=C2C=C(C)c3cc4c5c(c3O2)C(C)(C)CCN5CCC4(C)C)O1. The van der Waals surface area contributed by atoms with Crippen molar-refractivity contribution in [2.24, 2.45) is 0 Å². The second-order valence-corrected chi connectivity index (χ2v) is 11.4. The molecular formula is C30H34N2O2. The number of nitriles is 1. The van der Waals surface area contributed by atoms with E-state index in [2.05, 4.69) is 57.7 Å². The van der Waals surface area contributed by atoms with Crippen LogP contribution in [0.4, 0.5) is 5.69 Å². The number of nitrogens with zero attached hydrogens (tertiary/aromatic N) is 2.